The number of aliphatic imine (C=N–C) groups is 1. The third-order valence-corrected chi connectivity index (χ3v) is 5.84. The number of aryl methyl sites for hydroxylation is 3. The molecule has 4 N–H and O–H groups in total. The van der Waals surface area contributed by atoms with Crippen LogP contribution in [0.2, 0.25) is 0 Å². The summed E-state index contributed by atoms with van der Waals surface area (Å²) in [6, 6.07) is 11.8. The Bertz CT molecular complexity index is 1060. The molecule has 0 spiro atoms. The second-order valence-electron chi connectivity index (χ2n) is 7.04. The van der Waals surface area contributed by atoms with Gasteiger partial charge in [0.2, 0.25) is 0 Å². The van der Waals surface area contributed by atoms with E-state index in [9.17, 15) is 5.26 Å². The molecule has 0 aliphatic rings. The highest BCUT2D eigenvalue weighted by atomic mass is 32.1. The third-order valence-electron chi connectivity index (χ3n) is 4.78. The highest BCUT2D eigenvalue weighted by Crippen LogP contribution is 2.21. The van der Waals surface area contributed by atoms with Crippen LogP contribution in [-0.4, -0.2) is 33.8 Å². The van der Waals surface area contributed by atoms with E-state index in [1.807, 2.05) is 44.2 Å². The van der Waals surface area contributed by atoms with Crippen LogP contribution in [0.25, 0.3) is 5.69 Å². The maximum Gasteiger partial charge on any atom is 0.191 e. The van der Waals surface area contributed by atoms with E-state index in [0.29, 0.717) is 36.6 Å². The van der Waals surface area contributed by atoms with E-state index >= 15 is 0 Å². The number of benzene rings is 1. The number of para-hydroxylation sites is 1. The van der Waals surface area contributed by atoms with Gasteiger partial charge in [0.25, 0.3) is 0 Å². The van der Waals surface area contributed by atoms with Crippen LogP contribution in [0.4, 0.5) is 5.82 Å². The van der Waals surface area contributed by atoms with Gasteiger partial charge < -0.3 is 16.4 Å². The van der Waals surface area contributed by atoms with Gasteiger partial charge >= 0.3 is 0 Å². The molecule has 8 nitrogen and oxygen atoms in total. The fraction of sp³-hybridized carbons (Fsp3) is 0.364. The van der Waals surface area contributed by atoms with Gasteiger partial charge in [-0.15, -0.1) is 11.3 Å². The van der Waals surface area contributed by atoms with Crippen molar-refractivity contribution in [3.63, 3.8) is 0 Å². The number of hydrogen-bond donors (Lipinski definition) is 3. The van der Waals surface area contributed by atoms with Crippen molar-refractivity contribution in [2.75, 3.05) is 18.8 Å². The summed E-state index contributed by atoms with van der Waals surface area (Å²) >= 11 is 1.68. The smallest absolute Gasteiger partial charge is 0.191 e. The number of nitrogens with two attached hydrogens (primary N) is 1. The standard InChI is InChI=1S/C22H28N8S/c1-4-25-22(27-14-20-28-15(2)16(3)31-20)26-12-8-11-19-18(13-23)21(24)30(29-19)17-9-6-5-7-10-17/h5-7,9-10H,4,8,11-12,14,24H2,1-3H3,(H2,25,26,27). The zero-order chi connectivity index (χ0) is 22.2. The predicted octanol–water partition coefficient (Wildman–Crippen LogP) is 3.09. The van der Waals surface area contributed by atoms with E-state index < -0.39 is 0 Å². The Morgan fingerprint density at radius 2 is 2.03 bits per heavy atom. The first-order valence-corrected chi connectivity index (χ1v) is 11.1. The van der Waals surface area contributed by atoms with Crippen LogP contribution in [-0.2, 0) is 13.0 Å². The molecular weight excluding hydrogens is 408 g/mol. The molecule has 0 unspecified atom stereocenters. The number of thiazole rings is 1. The van der Waals surface area contributed by atoms with Gasteiger partial charge in [0.1, 0.15) is 22.5 Å². The molecule has 0 atom stereocenters. The maximum absolute atomic E-state index is 9.54. The Kier molecular flexibility index (Phi) is 7.62. The second kappa shape index (κ2) is 10.6. The van der Waals surface area contributed by atoms with E-state index in [-0.39, 0.29) is 0 Å². The van der Waals surface area contributed by atoms with E-state index in [0.717, 1.165) is 35.3 Å². The predicted molar refractivity (Wildman–Crippen MR) is 125 cm³/mol. The zero-order valence-corrected chi connectivity index (χ0v) is 19.0. The summed E-state index contributed by atoms with van der Waals surface area (Å²) in [5, 5.41) is 21.7. The highest BCUT2D eigenvalue weighted by molar-refractivity contribution is 7.11. The Labute approximate surface area is 186 Å². The molecule has 9 heteroatoms. The summed E-state index contributed by atoms with van der Waals surface area (Å²) in [7, 11) is 0. The maximum atomic E-state index is 9.54. The molecule has 3 aromatic rings. The van der Waals surface area contributed by atoms with Crippen molar-refractivity contribution in [2.24, 2.45) is 4.99 Å². The highest BCUT2D eigenvalue weighted by Gasteiger charge is 2.16. The number of rotatable bonds is 8. The van der Waals surface area contributed by atoms with E-state index in [2.05, 4.69) is 38.7 Å². The number of guanidine groups is 1. The number of nitrogens with zero attached hydrogens (tertiary/aromatic N) is 5. The van der Waals surface area contributed by atoms with Gasteiger partial charge in [-0.1, -0.05) is 18.2 Å². The number of nitrogen functional groups attached to an aromatic ring is 1. The quantitative estimate of drug-likeness (QED) is 0.284. The zero-order valence-electron chi connectivity index (χ0n) is 18.1. The van der Waals surface area contributed by atoms with Crippen LogP contribution >= 0.6 is 11.3 Å². The van der Waals surface area contributed by atoms with E-state index in [1.54, 1.807) is 16.0 Å². The van der Waals surface area contributed by atoms with Crippen molar-refractivity contribution in [3.05, 3.63) is 57.2 Å². The Hall–Kier alpha value is -3.38. The largest absolute Gasteiger partial charge is 0.382 e. The minimum Gasteiger partial charge on any atom is -0.382 e. The van der Waals surface area contributed by atoms with Crippen LogP contribution in [0.1, 0.15) is 40.2 Å². The first-order valence-electron chi connectivity index (χ1n) is 10.3. The van der Waals surface area contributed by atoms with Crippen LogP contribution in [0.5, 0.6) is 0 Å². The van der Waals surface area contributed by atoms with Gasteiger partial charge in [0, 0.05) is 18.0 Å². The molecule has 162 valence electrons. The van der Waals surface area contributed by atoms with Crippen molar-refractivity contribution >= 4 is 23.1 Å². The average Bonchev–Trinajstić information content (AvgIpc) is 3.27. The fourth-order valence-corrected chi connectivity index (χ4v) is 3.96. The van der Waals surface area contributed by atoms with Crippen LogP contribution in [0.3, 0.4) is 0 Å². The normalized spacial score (nSPS) is 11.4. The van der Waals surface area contributed by atoms with Crippen LogP contribution in [0, 0.1) is 25.2 Å². The molecule has 0 saturated carbocycles. The molecule has 3 rings (SSSR count). The lowest BCUT2D eigenvalue weighted by atomic mass is 10.1. The van der Waals surface area contributed by atoms with Crippen molar-refractivity contribution in [3.8, 4) is 11.8 Å². The molecule has 0 aliphatic heterocycles. The number of nitrogens with one attached hydrogen (secondary N) is 2. The number of anilines is 1. The molecule has 31 heavy (non-hydrogen) atoms. The van der Waals surface area contributed by atoms with E-state index in [4.69, 9.17) is 5.73 Å². The molecule has 0 saturated heterocycles. The lowest BCUT2D eigenvalue weighted by molar-refractivity contribution is 0.722. The molecule has 2 aromatic heterocycles. The van der Waals surface area contributed by atoms with Gasteiger partial charge in [0.05, 0.1) is 23.6 Å². The molecule has 0 fully saturated rings. The lowest BCUT2D eigenvalue weighted by Gasteiger charge is -2.10. The summed E-state index contributed by atoms with van der Waals surface area (Å²) in [6.45, 7) is 8.15. The Balaban J connectivity index is 1.59. The number of nitriles is 1. The molecule has 0 radical (unpaired) electrons. The van der Waals surface area contributed by atoms with Crippen molar-refractivity contribution < 1.29 is 0 Å². The average molecular weight is 437 g/mol. The summed E-state index contributed by atoms with van der Waals surface area (Å²) in [5.41, 5.74) is 9.24. The number of aromatic nitrogens is 3. The summed E-state index contributed by atoms with van der Waals surface area (Å²) in [5.74, 6) is 1.13. The minimum atomic E-state index is 0.376. The van der Waals surface area contributed by atoms with Gasteiger partial charge in [0.15, 0.2) is 5.96 Å². The van der Waals surface area contributed by atoms with Gasteiger partial charge in [-0.05, 0) is 45.7 Å². The van der Waals surface area contributed by atoms with Crippen LogP contribution in [0.15, 0.2) is 35.3 Å². The first kappa shape index (κ1) is 22.3. The second-order valence-corrected chi connectivity index (χ2v) is 8.33. The summed E-state index contributed by atoms with van der Waals surface area (Å²) in [6.07, 6.45) is 1.43. The summed E-state index contributed by atoms with van der Waals surface area (Å²) < 4.78 is 1.63. The molecule has 0 amide bonds. The van der Waals surface area contributed by atoms with Gasteiger partial charge in [-0.25, -0.2) is 14.7 Å². The first-order chi connectivity index (χ1) is 15.0. The van der Waals surface area contributed by atoms with Crippen molar-refractivity contribution in [2.45, 2.75) is 40.2 Å². The van der Waals surface area contributed by atoms with E-state index in [1.165, 1.54) is 4.88 Å². The fourth-order valence-electron chi connectivity index (χ4n) is 3.10. The topological polar surface area (TPSA) is 117 Å². The number of hydrogen-bond acceptors (Lipinski definition) is 6. The van der Waals surface area contributed by atoms with Crippen molar-refractivity contribution in [1.29, 1.82) is 5.26 Å². The molecule has 2 heterocycles. The molecule has 1 aromatic carbocycles. The SMILES string of the molecule is CCNC(=NCc1nc(C)c(C)s1)NCCCc1nn(-c2ccccc2)c(N)c1C#N. The monoisotopic (exact) mass is 436 g/mol. The summed E-state index contributed by atoms with van der Waals surface area (Å²) in [4.78, 5) is 10.4. The van der Waals surface area contributed by atoms with Crippen LogP contribution < -0.4 is 16.4 Å². The van der Waals surface area contributed by atoms with Crippen molar-refractivity contribution in [1.82, 2.24) is 25.4 Å². The Morgan fingerprint density at radius 3 is 2.68 bits per heavy atom. The Morgan fingerprint density at radius 1 is 1.26 bits per heavy atom. The third kappa shape index (κ3) is 5.61. The molecule has 0 bridgehead atoms. The minimum absolute atomic E-state index is 0.376. The van der Waals surface area contributed by atoms with Gasteiger partial charge in [-0.3, -0.25) is 0 Å². The molecular formula is C22H28N8S. The van der Waals surface area contributed by atoms with Gasteiger partial charge in [-0.2, -0.15) is 10.4 Å². The lowest BCUT2D eigenvalue weighted by Crippen LogP contribution is -2.37. The molecule has 0 aliphatic carbocycles.